The summed E-state index contributed by atoms with van der Waals surface area (Å²) in [6.45, 7) is 2.36. The fourth-order valence-corrected chi connectivity index (χ4v) is 3.33. The van der Waals surface area contributed by atoms with E-state index in [0.717, 1.165) is 33.5 Å². The van der Waals surface area contributed by atoms with Crippen molar-refractivity contribution in [3.8, 4) is 11.4 Å². The average Bonchev–Trinajstić information content (AvgIpc) is 3.38. The summed E-state index contributed by atoms with van der Waals surface area (Å²) in [7, 11) is 1.93. The number of fused-ring (bicyclic) bond motifs is 2. The van der Waals surface area contributed by atoms with E-state index >= 15 is 0 Å². The number of nitrogens with zero attached hydrogens (tertiary/aromatic N) is 7. The Kier molecular flexibility index (Phi) is 3.23. The number of hydrogen-bond acceptors (Lipinski definition) is 7. The molecule has 0 atom stereocenters. The molecule has 27 heavy (non-hydrogen) atoms. The zero-order chi connectivity index (χ0) is 18.5. The van der Waals surface area contributed by atoms with Crippen molar-refractivity contribution < 1.29 is 4.63 Å². The quantitative estimate of drug-likeness (QED) is 0.525. The van der Waals surface area contributed by atoms with E-state index in [1.54, 1.807) is 0 Å². The molecule has 0 aliphatic heterocycles. The Morgan fingerprint density at radius 1 is 1.11 bits per heavy atom. The molecule has 5 aromatic rings. The molecule has 0 saturated carbocycles. The number of pyridine rings is 1. The highest BCUT2D eigenvalue weighted by atomic mass is 16.6. The fraction of sp³-hybridized carbons (Fsp3) is 0.167. The van der Waals surface area contributed by atoms with Crippen molar-refractivity contribution in [2.75, 3.05) is 5.73 Å². The van der Waals surface area contributed by atoms with Gasteiger partial charge in [-0.3, -0.25) is 9.36 Å². The van der Waals surface area contributed by atoms with Gasteiger partial charge in [0.2, 0.25) is 5.65 Å². The maximum absolute atomic E-state index is 6.25. The molecule has 134 valence electrons. The normalized spacial score (nSPS) is 11.6. The van der Waals surface area contributed by atoms with E-state index in [0.29, 0.717) is 23.4 Å². The van der Waals surface area contributed by atoms with Crippen LogP contribution in [0.1, 0.15) is 11.3 Å². The Hall–Kier alpha value is -3.75. The van der Waals surface area contributed by atoms with Gasteiger partial charge in [-0.15, -0.1) is 0 Å². The lowest BCUT2D eigenvalue weighted by molar-refractivity contribution is 0.315. The number of benzene rings is 1. The van der Waals surface area contributed by atoms with E-state index in [9.17, 15) is 0 Å². The Bertz CT molecular complexity index is 1300. The van der Waals surface area contributed by atoms with Crippen LogP contribution in [-0.2, 0) is 13.6 Å². The zero-order valence-corrected chi connectivity index (χ0v) is 14.8. The van der Waals surface area contributed by atoms with Crippen molar-refractivity contribution in [2.45, 2.75) is 13.5 Å². The molecule has 0 unspecified atom stereocenters. The number of hydrogen-bond donors (Lipinski definition) is 1. The lowest BCUT2D eigenvalue weighted by Crippen LogP contribution is -2.08. The van der Waals surface area contributed by atoms with E-state index in [4.69, 9.17) is 10.4 Å². The third kappa shape index (κ3) is 2.35. The van der Waals surface area contributed by atoms with E-state index in [1.165, 1.54) is 0 Å². The first-order chi connectivity index (χ1) is 13.1. The third-order valence-electron chi connectivity index (χ3n) is 4.72. The molecule has 4 heterocycles. The minimum absolute atomic E-state index is 0.412. The predicted molar refractivity (Wildman–Crippen MR) is 99.8 cm³/mol. The predicted octanol–water partition coefficient (Wildman–Crippen LogP) is 2.31. The summed E-state index contributed by atoms with van der Waals surface area (Å²) in [4.78, 5) is 4.40. The first-order valence-electron chi connectivity index (χ1n) is 8.44. The number of para-hydroxylation sites is 1. The van der Waals surface area contributed by atoms with Gasteiger partial charge < -0.3 is 5.73 Å². The molecule has 0 aliphatic carbocycles. The number of nitrogens with two attached hydrogens (primary N) is 1. The van der Waals surface area contributed by atoms with Gasteiger partial charge in [0.25, 0.3) is 0 Å². The average molecular weight is 360 g/mol. The molecule has 4 aromatic heterocycles. The van der Waals surface area contributed by atoms with E-state index in [2.05, 4.69) is 25.5 Å². The molecule has 1 aromatic carbocycles. The van der Waals surface area contributed by atoms with E-state index < -0.39 is 0 Å². The number of nitrogen functional groups attached to an aromatic ring is 1. The van der Waals surface area contributed by atoms with Crippen LogP contribution < -0.4 is 5.73 Å². The summed E-state index contributed by atoms with van der Waals surface area (Å²) < 4.78 is 8.42. The minimum atomic E-state index is 0.412. The van der Waals surface area contributed by atoms with Gasteiger partial charge in [-0.05, 0) is 29.4 Å². The molecule has 0 saturated heterocycles. The summed E-state index contributed by atoms with van der Waals surface area (Å²) in [5.41, 5.74) is 12.0. The van der Waals surface area contributed by atoms with Crippen molar-refractivity contribution in [3.63, 3.8) is 0 Å². The second kappa shape index (κ2) is 5.63. The number of rotatable bonds is 3. The second-order valence-corrected chi connectivity index (χ2v) is 6.41. The van der Waals surface area contributed by atoms with Crippen LogP contribution in [0.4, 0.5) is 5.69 Å². The zero-order valence-electron chi connectivity index (χ0n) is 14.8. The molecule has 9 heteroatoms. The van der Waals surface area contributed by atoms with Gasteiger partial charge in [-0.2, -0.15) is 10.2 Å². The Labute approximate surface area is 153 Å². The van der Waals surface area contributed by atoms with Gasteiger partial charge in [0, 0.05) is 29.9 Å². The maximum atomic E-state index is 6.25. The summed E-state index contributed by atoms with van der Waals surface area (Å²) in [5, 5.41) is 18.0. The highest BCUT2D eigenvalue weighted by Crippen LogP contribution is 2.27. The highest BCUT2D eigenvalue weighted by molar-refractivity contribution is 5.92. The molecular formula is C18H16N8O. The minimum Gasteiger partial charge on any atom is -0.396 e. The van der Waals surface area contributed by atoms with Crippen LogP contribution in [0.15, 0.2) is 41.2 Å². The smallest absolute Gasteiger partial charge is 0.226 e. The van der Waals surface area contributed by atoms with Crippen LogP contribution in [-0.4, -0.2) is 34.9 Å². The summed E-state index contributed by atoms with van der Waals surface area (Å²) in [6, 6.07) is 10.0. The molecule has 2 N–H and O–H groups in total. The SMILES string of the molecule is Cc1nc2nonc2c(N)c1Cn1ccc(-c2nn(C)c3ccccc23)n1. The number of aromatic nitrogens is 7. The molecular weight excluding hydrogens is 344 g/mol. The summed E-state index contributed by atoms with van der Waals surface area (Å²) in [5.74, 6) is 0. The van der Waals surface area contributed by atoms with Crippen LogP contribution in [0.5, 0.6) is 0 Å². The fourth-order valence-electron chi connectivity index (χ4n) is 3.33. The second-order valence-electron chi connectivity index (χ2n) is 6.41. The van der Waals surface area contributed by atoms with Crippen LogP contribution in [0.3, 0.4) is 0 Å². The topological polar surface area (TPSA) is 113 Å². The van der Waals surface area contributed by atoms with Crippen LogP contribution in [0.25, 0.3) is 33.5 Å². The van der Waals surface area contributed by atoms with Crippen molar-refractivity contribution >= 4 is 27.8 Å². The van der Waals surface area contributed by atoms with Gasteiger partial charge in [0.05, 0.1) is 17.7 Å². The number of aryl methyl sites for hydroxylation is 2. The Morgan fingerprint density at radius 2 is 1.96 bits per heavy atom. The van der Waals surface area contributed by atoms with Crippen molar-refractivity contribution in [1.29, 1.82) is 0 Å². The molecule has 0 radical (unpaired) electrons. The largest absolute Gasteiger partial charge is 0.396 e. The van der Waals surface area contributed by atoms with Crippen molar-refractivity contribution in [2.24, 2.45) is 7.05 Å². The molecule has 0 bridgehead atoms. The molecule has 0 fully saturated rings. The maximum Gasteiger partial charge on any atom is 0.226 e. The number of anilines is 1. The Morgan fingerprint density at radius 3 is 2.85 bits per heavy atom. The van der Waals surface area contributed by atoms with Crippen LogP contribution in [0.2, 0.25) is 0 Å². The van der Waals surface area contributed by atoms with Gasteiger partial charge >= 0.3 is 0 Å². The monoisotopic (exact) mass is 360 g/mol. The van der Waals surface area contributed by atoms with Gasteiger partial charge in [0.1, 0.15) is 11.4 Å². The summed E-state index contributed by atoms with van der Waals surface area (Å²) in [6.07, 6.45) is 1.91. The molecule has 0 spiro atoms. The van der Waals surface area contributed by atoms with Crippen LogP contribution >= 0.6 is 0 Å². The van der Waals surface area contributed by atoms with Crippen LogP contribution in [0, 0.1) is 6.92 Å². The first-order valence-corrected chi connectivity index (χ1v) is 8.44. The molecule has 5 rings (SSSR count). The highest BCUT2D eigenvalue weighted by Gasteiger charge is 2.17. The van der Waals surface area contributed by atoms with Crippen molar-refractivity contribution in [1.82, 2.24) is 34.9 Å². The standard InChI is InChI=1S/C18H16N8O/c1-10-12(15(19)17-18(20-10)24-27-23-17)9-26-8-7-13(21-26)16-11-5-3-4-6-14(11)25(2)22-16/h3-8H,9,19H2,1-2H3. The molecule has 0 amide bonds. The van der Waals surface area contributed by atoms with Gasteiger partial charge in [0.15, 0.2) is 5.52 Å². The summed E-state index contributed by atoms with van der Waals surface area (Å²) >= 11 is 0. The molecule has 9 nitrogen and oxygen atoms in total. The lowest BCUT2D eigenvalue weighted by Gasteiger charge is -2.08. The Balaban J connectivity index is 1.55. The molecule has 0 aliphatic rings. The third-order valence-corrected chi connectivity index (χ3v) is 4.72. The van der Waals surface area contributed by atoms with E-state index in [1.807, 2.05) is 59.9 Å². The van der Waals surface area contributed by atoms with Gasteiger partial charge in [-0.1, -0.05) is 18.2 Å². The van der Waals surface area contributed by atoms with Crippen molar-refractivity contribution in [3.05, 3.63) is 47.8 Å². The lowest BCUT2D eigenvalue weighted by atomic mass is 10.1. The van der Waals surface area contributed by atoms with E-state index in [-0.39, 0.29) is 0 Å². The van der Waals surface area contributed by atoms with Gasteiger partial charge in [-0.25, -0.2) is 9.61 Å². The first kappa shape index (κ1) is 15.5.